The summed E-state index contributed by atoms with van der Waals surface area (Å²) in [4.78, 5) is 22.1. The number of carbonyl (C=O) groups excluding carboxylic acids is 2. The van der Waals surface area contributed by atoms with Crippen molar-refractivity contribution in [2.45, 2.75) is 33.2 Å². The van der Waals surface area contributed by atoms with E-state index in [2.05, 4.69) is 9.46 Å². The molecule has 0 aromatic heterocycles. The Bertz CT molecular complexity index is 349. The van der Waals surface area contributed by atoms with Gasteiger partial charge in [-0.25, -0.2) is 13.1 Å². The molecule has 1 atom stereocenters. The van der Waals surface area contributed by atoms with Crippen LogP contribution in [0.25, 0.3) is 0 Å². The van der Waals surface area contributed by atoms with Crippen LogP contribution in [0, 0.1) is 0 Å². The first-order chi connectivity index (χ1) is 7.32. The maximum Gasteiger partial charge on any atom is 0.322 e. The fourth-order valence-electron chi connectivity index (χ4n) is 1.04. The van der Waals surface area contributed by atoms with Gasteiger partial charge in [0.05, 0.1) is 12.6 Å². The minimum absolute atomic E-state index is 0.123. The van der Waals surface area contributed by atoms with Crippen molar-refractivity contribution in [3.63, 3.8) is 0 Å². The molecule has 1 N–H and O–H groups in total. The second kappa shape index (κ2) is 6.59. The van der Waals surface area contributed by atoms with E-state index in [1.54, 1.807) is 13.8 Å². The van der Waals surface area contributed by atoms with Gasteiger partial charge in [-0.1, -0.05) is 6.92 Å². The molecular weight excluding hydrogens is 234 g/mol. The van der Waals surface area contributed by atoms with Crippen molar-refractivity contribution in [1.29, 1.82) is 0 Å². The van der Waals surface area contributed by atoms with Gasteiger partial charge in [0.15, 0.2) is 5.75 Å². The number of sulfonamides is 1. The van der Waals surface area contributed by atoms with Crippen LogP contribution < -0.4 is 4.72 Å². The van der Waals surface area contributed by atoms with Crippen molar-refractivity contribution in [2.75, 3.05) is 12.4 Å². The van der Waals surface area contributed by atoms with E-state index >= 15 is 0 Å². The van der Waals surface area contributed by atoms with E-state index in [1.165, 1.54) is 6.92 Å². The largest absolute Gasteiger partial charge is 0.465 e. The average molecular weight is 251 g/mol. The lowest BCUT2D eigenvalue weighted by atomic mass is 10.2. The normalized spacial score (nSPS) is 13.2. The highest BCUT2D eigenvalue weighted by molar-refractivity contribution is 7.90. The molecular formula is C9H17NO5S. The summed E-state index contributed by atoms with van der Waals surface area (Å²) in [7, 11) is -3.80. The lowest BCUT2D eigenvalue weighted by Gasteiger charge is -2.11. The molecule has 6 nitrogen and oxygen atoms in total. The number of rotatable bonds is 7. The zero-order valence-corrected chi connectivity index (χ0v) is 10.5. The van der Waals surface area contributed by atoms with Gasteiger partial charge in [-0.3, -0.25) is 9.59 Å². The van der Waals surface area contributed by atoms with Gasteiger partial charge >= 0.3 is 5.97 Å². The monoisotopic (exact) mass is 251 g/mol. The van der Waals surface area contributed by atoms with Gasteiger partial charge in [0, 0.05) is 6.42 Å². The summed E-state index contributed by atoms with van der Waals surface area (Å²) in [6.45, 7) is 4.78. The molecule has 0 radical (unpaired) electrons. The van der Waals surface area contributed by atoms with Crippen LogP contribution in [0.3, 0.4) is 0 Å². The highest BCUT2D eigenvalue weighted by Gasteiger charge is 2.22. The fraction of sp³-hybridized carbons (Fsp3) is 0.778. The van der Waals surface area contributed by atoms with Gasteiger partial charge < -0.3 is 4.74 Å². The summed E-state index contributed by atoms with van der Waals surface area (Å²) in [6.07, 6.45) is 0.239. The zero-order valence-electron chi connectivity index (χ0n) is 9.65. The quantitative estimate of drug-likeness (QED) is 0.635. The zero-order chi connectivity index (χ0) is 12.8. The smallest absolute Gasteiger partial charge is 0.322 e. The van der Waals surface area contributed by atoms with Crippen molar-refractivity contribution in [3.8, 4) is 0 Å². The molecule has 7 heteroatoms. The highest BCUT2D eigenvalue weighted by Crippen LogP contribution is 1.95. The van der Waals surface area contributed by atoms with Gasteiger partial charge in [-0.2, -0.15) is 0 Å². The molecule has 0 bridgehead atoms. The number of carbonyl (C=O) groups is 2. The second-order valence-electron chi connectivity index (χ2n) is 3.22. The third kappa shape index (κ3) is 5.82. The van der Waals surface area contributed by atoms with Crippen molar-refractivity contribution in [3.05, 3.63) is 0 Å². The molecule has 0 aliphatic carbocycles. The number of esters is 1. The lowest BCUT2D eigenvalue weighted by Crippen LogP contribution is -2.41. The number of nitrogens with one attached hydrogen (secondary N) is 1. The number of hydrogen-bond acceptors (Lipinski definition) is 5. The van der Waals surface area contributed by atoms with Crippen LogP contribution in [0.1, 0.15) is 27.2 Å². The summed E-state index contributed by atoms with van der Waals surface area (Å²) in [5.41, 5.74) is 0. The van der Waals surface area contributed by atoms with E-state index in [9.17, 15) is 18.0 Å². The number of ketones is 1. The van der Waals surface area contributed by atoms with Crippen LogP contribution in [0.15, 0.2) is 0 Å². The summed E-state index contributed by atoms with van der Waals surface area (Å²) in [5.74, 6) is -1.82. The predicted octanol–water partition coefficient (Wildman–Crippen LogP) is -0.164. The van der Waals surface area contributed by atoms with Crippen LogP contribution in [-0.4, -0.2) is 38.6 Å². The molecule has 0 amide bonds. The Hall–Kier alpha value is -0.950. The summed E-state index contributed by atoms with van der Waals surface area (Å²) in [5, 5.41) is 0. The maximum atomic E-state index is 11.4. The predicted molar refractivity (Wildman–Crippen MR) is 58.3 cm³/mol. The molecule has 1 unspecified atom stereocenters. The SMILES string of the molecule is CCOC(=O)CS(=O)(=O)NC(C)C(=O)CC. The summed E-state index contributed by atoms with van der Waals surface area (Å²) < 4.78 is 29.4. The maximum absolute atomic E-state index is 11.4. The standard InChI is InChI=1S/C9H17NO5S/c1-4-8(11)7(3)10-16(13,14)6-9(12)15-5-2/h7,10H,4-6H2,1-3H3. The molecule has 0 aliphatic heterocycles. The minimum Gasteiger partial charge on any atom is -0.465 e. The molecule has 94 valence electrons. The van der Waals surface area contributed by atoms with Gasteiger partial charge in [-0.05, 0) is 13.8 Å². The molecule has 0 aliphatic rings. The minimum atomic E-state index is -3.80. The third-order valence-electron chi connectivity index (χ3n) is 1.80. The Kier molecular flexibility index (Phi) is 6.20. The fourth-order valence-corrected chi connectivity index (χ4v) is 2.19. The summed E-state index contributed by atoms with van der Waals surface area (Å²) >= 11 is 0. The lowest BCUT2D eigenvalue weighted by molar-refractivity contribution is -0.140. The molecule has 0 saturated heterocycles. The summed E-state index contributed by atoms with van der Waals surface area (Å²) in [6, 6.07) is -0.815. The van der Waals surface area contributed by atoms with Crippen LogP contribution in [0.2, 0.25) is 0 Å². The molecule has 0 heterocycles. The topological polar surface area (TPSA) is 89.5 Å². The van der Waals surface area contributed by atoms with E-state index in [0.717, 1.165) is 0 Å². The third-order valence-corrected chi connectivity index (χ3v) is 3.13. The Balaban J connectivity index is 4.36. The van der Waals surface area contributed by atoms with Crippen LogP contribution in [0.4, 0.5) is 0 Å². The van der Waals surface area contributed by atoms with E-state index in [4.69, 9.17) is 0 Å². The van der Waals surface area contributed by atoms with Gasteiger partial charge in [-0.15, -0.1) is 0 Å². The van der Waals surface area contributed by atoms with Gasteiger partial charge in [0.1, 0.15) is 5.78 Å². The van der Waals surface area contributed by atoms with Gasteiger partial charge in [0.2, 0.25) is 10.0 Å². The molecule has 0 rings (SSSR count). The first-order valence-corrected chi connectivity index (χ1v) is 6.66. The Morgan fingerprint density at radius 1 is 1.31 bits per heavy atom. The van der Waals surface area contributed by atoms with Crippen LogP contribution in [-0.2, 0) is 24.3 Å². The first-order valence-electron chi connectivity index (χ1n) is 5.00. The van der Waals surface area contributed by atoms with E-state index in [-0.39, 0.29) is 18.8 Å². The number of hydrogen-bond donors (Lipinski definition) is 1. The van der Waals surface area contributed by atoms with Crippen molar-refractivity contribution in [2.24, 2.45) is 0 Å². The van der Waals surface area contributed by atoms with Crippen LogP contribution >= 0.6 is 0 Å². The van der Waals surface area contributed by atoms with Gasteiger partial charge in [0.25, 0.3) is 0 Å². The Morgan fingerprint density at radius 2 is 1.88 bits per heavy atom. The molecule has 16 heavy (non-hydrogen) atoms. The van der Waals surface area contributed by atoms with E-state index in [1.807, 2.05) is 0 Å². The molecule has 0 spiro atoms. The molecule has 0 aromatic carbocycles. The molecule has 0 fully saturated rings. The first kappa shape index (κ1) is 15.0. The average Bonchev–Trinajstić information content (AvgIpc) is 2.14. The Morgan fingerprint density at radius 3 is 2.31 bits per heavy atom. The number of ether oxygens (including phenoxy) is 1. The highest BCUT2D eigenvalue weighted by atomic mass is 32.2. The second-order valence-corrected chi connectivity index (χ2v) is 4.98. The van der Waals surface area contributed by atoms with Crippen molar-refractivity contribution >= 4 is 21.8 Å². The molecule has 0 saturated carbocycles. The van der Waals surface area contributed by atoms with E-state index in [0.29, 0.717) is 0 Å². The van der Waals surface area contributed by atoms with Crippen molar-refractivity contribution in [1.82, 2.24) is 4.72 Å². The number of Topliss-reactive ketones (excluding diaryl/α,β-unsaturated/α-hetero) is 1. The van der Waals surface area contributed by atoms with Crippen molar-refractivity contribution < 1.29 is 22.7 Å². The van der Waals surface area contributed by atoms with Crippen LogP contribution in [0.5, 0.6) is 0 Å². The van der Waals surface area contributed by atoms with E-state index < -0.39 is 27.8 Å². The molecule has 0 aromatic rings. The Labute approximate surface area is 95.4 Å².